The molecule has 0 atom stereocenters. The lowest BCUT2D eigenvalue weighted by atomic mass is 9.98. The maximum Gasteiger partial charge on any atom is 0.241 e. The summed E-state index contributed by atoms with van der Waals surface area (Å²) in [6.45, 7) is 5.69. The molecule has 1 aliphatic heterocycles. The van der Waals surface area contributed by atoms with Crippen LogP contribution >= 0.6 is 0 Å². The lowest BCUT2D eigenvalue weighted by Crippen LogP contribution is -2.41. The number of hydrogen-bond donors (Lipinski definition) is 1. The fraction of sp³-hybridized carbons (Fsp3) is 0.333. The van der Waals surface area contributed by atoms with Crippen molar-refractivity contribution in [2.24, 2.45) is 0 Å². The van der Waals surface area contributed by atoms with Gasteiger partial charge in [0.05, 0.1) is 10.4 Å². The van der Waals surface area contributed by atoms with Crippen LogP contribution in [0.5, 0.6) is 0 Å². The summed E-state index contributed by atoms with van der Waals surface area (Å²) in [5, 5.41) is 0. The van der Waals surface area contributed by atoms with Crippen LogP contribution in [0.1, 0.15) is 31.9 Å². The summed E-state index contributed by atoms with van der Waals surface area (Å²) >= 11 is 0. The van der Waals surface area contributed by atoms with Crippen molar-refractivity contribution in [3.05, 3.63) is 53.9 Å². The van der Waals surface area contributed by atoms with Gasteiger partial charge < -0.3 is 4.90 Å². The number of benzene rings is 1. The van der Waals surface area contributed by atoms with Gasteiger partial charge in [0, 0.05) is 31.5 Å². The van der Waals surface area contributed by atoms with Gasteiger partial charge >= 0.3 is 0 Å². The zero-order valence-corrected chi connectivity index (χ0v) is 15.3. The molecule has 1 aromatic heterocycles. The number of amides is 1. The number of aromatic nitrogens is 1. The third kappa shape index (κ3) is 3.43. The standard InChI is InChI=1S/C18H21N3O3S/c1-13(22)21-10-8-14-11-16(6-7-17(14)21)25(23,24)20-18(2,3)15-5-4-9-19-12-15/h4-7,9,11-12,20H,8,10H2,1-3H3. The van der Waals surface area contributed by atoms with E-state index in [2.05, 4.69) is 9.71 Å². The first-order valence-corrected chi connectivity index (χ1v) is 9.54. The number of carbonyl (C=O) groups is 1. The van der Waals surface area contributed by atoms with Gasteiger partial charge in [-0.2, -0.15) is 0 Å². The summed E-state index contributed by atoms with van der Waals surface area (Å²) in [4.78, 5) is 17.5. The third-order valence-corrected chi connectivity index (χ3v) is 6.06. The van der Waals surface area contributed by atoms with Crippen LogP contribution in [-0.4, -0.2) is 25.9 Å². The van der Waals surface area contributed by atoms with E-state index in [9.17, 15) is 13.2 Å². The molecule has 3 rings (SSSR count). The second-order valence-corrected chi connectivity index (χ2v) is 8.37. The molecule has 1 amide bonds. The Morgan fingerprint density at radius 1 is 1.28 bits per heavy atom. The van der Waals surface area contributed by atoms with Gasteiger partial charge in [0.1, 0.15) is 0 Å². The molecule has 1 N–H and O–H groups in total. The molecule has 2 aromatic rings. The molecule has 7 heteroatoms. The number of hydrogen-bond acceptors (Lipinski definition) is 4. The highest BCUT2D eigenvalue weighted by molar-refractivity contribution is 7.89. The molecule has 1 aromatic carbocycles. The zero-order valence-electron chi connectivity index (χ0n) is 14.5. The van der Waals surface area contributed by atoms with Gasteiger partial charge in [-0.3, -0.25) is 9.78 Å². The molecule has 0 fully saturated rings. The van der Waals surface area contributed by atoms with Crippen LogP contribution in [-0.2, 0) is 26.8 Å². The summed E-state index contributed by atoms with van der Waals surface area (Å²) in [5.41, 5.74) is 1.65. The SMILES string of the molecule is CC(=O)N1CCc2cc(S(=O)(=O)NC(C)(C)c3cccnc3)ccc21. The number of carbonyl (C=O) groups excluding carboxylic acids is 1. The van der Waals surface area contributed by atoms with Gasteiger partial charge in [-0.1, -0.05) is 6.07 Å². The summed E-state index contributed by atoms with van der Waals surface area (Å²) in [5.74, 6) is -0.0369. The summed E-state index contributed by atoms with van der Waals surface area (Å²) in [6, 6.07) is 8.51. The summed E-state index contributed by atoms with van der Waals surface area (Å²) < 4.78 is 28.4. The highest BCUT2D eigenvalue weighted by Gasteiger charge is 2.30. The third-order valence-electron chi connectivity index (χ3n) is 4.41. The summed E-state index contributed by atoms with van der Waals surface area (Å²) in [6.07, 6.45) is 3.95. The molecule has 0 radical (unpaired) electrons. The van der Waals surface area contributed by atoms with E-state index >= 15 is 0 Å². The van der Waals surface area contributed by atoms with Crippen LogP contribution in [0, 0.1) is 0 Å². The van der Waals surface area contributed by atoms with Crippen molar-refractivity contribution in [1.82, 2.24) is 9.71 Å². The van der Waals surface area contributed by atoms with E-state index in [1.807, 2.05) is 6.07 Å². The number of sulfonamides is 1. The van der Waals surface area contributed by atoms with Crippen molar-refractivity contribution in [3.63, 3.8) is 0 Å². The minimum atomic E-state index is -3.71. The molecule has 0 saturated heterocycles. The number of rotatable bonds is 4. The fourth-order valence-electron chi connectivity index (χ4n) is 3.06. The van der Waals surface area contributed by atoms with Crippen LogP contribution in [0.2, 0.25) is 0 Å². The second-order valence-electron chi connectivity index (χ2n) is 6.68. The Morgan fingerprint density at radius 2 is 2.04 bits per heavy atom. The van der Waals surface area contributed by atoms with Crippen molar-refractivity contribution in [2.75, 3.05) is 11.4 Å². The predicted octanol–water partition coefficient (Wildman–Crippen LogP) is 2.20. The number of fused-ring (bicyclic) bond motifs is 1. The van der Waals surface area contributed by atoms with E-state index in [0.29, 0.717) is 13.0 Å². The molecule has 25 heavy (non-hydrogen) atoms. The van der Waals surface area contributed by atoms with Crippen LogP contribution in [0.15, 0.2) is 47.6 Å². The Kier molecular flexibility index (Phi) is 4.38. The fourth-order valence-corrected chi connectivity index (χ4v) is 4.51. The quantitative estimate of drug-likeness (QED) is 0.908. The van der Waals surface area contributed by atoms with Gasteiger partial charge in [0.25, 0.3) is 0 Å². The van der Waals surface area contributed by atoms with Crippen molar-refractivity contribution < 1.29 is 13.2 Å². The van der Waals surface area contributed by atoms with Gasteiger partial charge in [0.15, 0.2) is 0 Å². The molecule has 6 nitrogen and oxygen atoms in total. The minimum absolute atomic E-state index is 0.0369. The van der Waals surface area contributed by atoms with E-state index in [-0.39, 0.29) is 10.8 Å². The second kappa shape index (κ2) is 6.24. The summed E-state index contributed by atoms with van der Waals surface area (Å²) in [7, 11) is -3.71. The first-order chi connectivity index (χ1) is 11.7. The molecule has 1 aliphatic rings. The minimum Gasteiger partial charge on any atom is -0.312 e. The Labute approximate surface area is 147 Å². The maximum absolute atomic E-state index is 12.8. The number of nitrogens with zero attached hydrogens (tertiary/aromatic N) is 2. The average molecular weight is 359 g/mol. The molecule has 0 aliphatic carbocycles. The molecule has 0 unspecified atom stereocenters. The predicted molar refractivity (Wildman–Crippen MR) is 95.8 cm³/mol. The van der Waals surface area contributed by atoms with Crippen molar-refractivity contribution in [3.8, 4) is 0 Å². The van der Waals surface area contributed by atoms with Crippen LogP contribution < -0.4 is 9.62 Å². The van der Waals surface area contributed by atoms with Gasteiger partial charge in [-0.05, 0) is 55.7 Å². The number of nitrogens with one attached hydrogen (secondary N) is 1. The number of pyridine rings is 1. The molecule has 2 heterocycles. The first-order valence-electron chi connectivity index (χ1n) is 8.06. The molecule has 0 spiro atoms. The highest BCUT2D eigenvalue weighted by atomic mass is 32.2. The van der Waals surface area contributed by atoms with Gasteiger partial charge in [-0.15, -0.1) is 0 Å². The van der Waals surface area contributed by atoms with E-state index in [1.54, 1.807) is 55.4 Å². The smallest absolute Gasteiger partial charge is 0.241 e. The van der Waals surface area contributed by atoms with Crippen molar-refractivity contribution >= 4 is 21.6 Å². The van der Waals surface area contributed by atoms with E-state index in [0.717, 1.165) is 16.8 Å². The van der Waals surface area contributed by atoms with Crippen molar-refractivity contribution in [2.45, 2.75) is 37.6 Å². The van der Waals surface area contributed by atoms with Crippen LogP contribution in [0.4, 0.5) is 5.69 Å². The average Bonchev–Trinajstić information content (AvgIpc) is 2.98. The Bertz CT molecular complexity index is 908. The molecule has 0 saturated carbocycles. The largest absolute Gasteiger partial charge is 0.312 e. The Hall–Kier alpha value is -2.25. The van der Waals surface area contributed by atoms with E-state index < -0.39 is 15.6 Å². The molecular formula is C18H21N3O3S. The van der Waals surface area contributed by atoms with Crippen LogP contribution in [0.25, 0.3) is 0 Å². The van der Waals surface area contributed by atoms with E-state index in [1.165, 1.54) is 6.92 Å². The maximum atomic E-state index is 12.8. The zero-order chi connectivity index (χ0) is 18.2. The lowest BCUT2D eigenvalue weighted by Gasteiger charge is -2.26. The molecule has 0 bridgehead atoms. The van der Waals surface area contributed by atoms with Gasteiger partial charge in [-0.25, -0.2) is 13.1 Å². The Morgan fingerprint density at radius 3 is 2.68 bits per heavy atom. The Balaban J connectivity index is 1.90. The number of anilines is 1. The van der Waals surface area contributed by atoms with Crippen LogP contribution in [0.3, 0.4) is 0 Å². The normalized spacial score (nSPS) is 14.4. The highest BCUT2D eigenvalue weighted by Crippen LogP contribution is 2.31. The lowest BCUT2D eigenvalue weighted by molar-refractivity contribution is -0.116. The first kappa shape index (κ1) is 17.6. The monoisotopic (exact) mass is 359 g/mol. The molecule has 132 valence electrons. The van der Waals surface area contributed by atoms with Gasteiger partial charge in [0.2, 0.25) is 15.9 Å². The molecular weight excluding hydrogens is 338 g/mol. The van der Waals surface area contributed by atoms with Crippen molar-refractivity contribution in [1.29, 1.82) is 0 Å². The topological polar surface area (TPSA) is 79.4 Å². The van der Waals surface area contributed by atoms with E-state index in [4.69, 9.17) is 0 Å².